The van der Waals surface area contributed by atoms with Gasteiger partial charge in [0.05, 0.1) is 19.4 Å². The highest BCUT2D eigenvalue weighted by Gasteiger charge is 2.29. The molecule has 1 fully saturated rings. The number of carbonyl (C=O) groups is 1. The Morgan fingerprint density at radius 1 is 1.35 bits per heavy atom. The first-order valence-corrected chi connectivity index (χ1v) is 5.82. The van der Waals surface area contributed by atoms with Crippen LogP contribution in [0, 0.1) is 0 Å². The topological polar surface area (TPSA) is 55.6 Å². The number of hydrogen-bond donors (Lipinski definition) is 0. The number of rotatable bonds is 1. The number of amides is 1. The Labute approximate surface area is 101 Å². The van der Waals surface area contributed by atoms with Crippen LogP contribution in [0.3, 0.4) is 0 Å². The van der Waals surface area contributed by atoms with Gasteiger partial charge in [-0.15, -0.1) is 0 Å². The Morgan fingerprint density at radius 2 is 2.00 bits per heavy atom. The third kappa shape index (κ3) is 2.49. The molecule has 0 unspecified atom stereocenters. The number of aromatic nitrogens is 1. The van der Waals surface area contributed by atoms with E-state index in [0.29, 0.717) is 37.6 Å². The van der Waals surface area contributed by atoms with Gasteiger partial charge in [-0.2, -0.15) is 0 Å². The lowest BCUT2D eigenvalue weighted by molar-refractivity contribution is 0.0300. The Hall–Kier alpha value is -1.36. The molecule has 1 aliphatic rings. The average molecular weight is 238 g/mol. The molecule has 17 heavy (non-hydrogen) atoms. The van der Waals surface area contributed by atoms with E-state index in [1.54, 1.807) is 4.90 Å². The Kier molecular flexibility index (Phi) is 3.19. The van der Waals surface area contributed by atoms with E-state index in [1.165, 1.54) is 6.20 Å². The summed E-state index contributed by atoms with van der Waals surface area (Å²) in [7, 11) is 0. The van der Waals surface area contributed by atoms with Crippen molar-refractivity contribution in [1.82, 2.24) is 10.1 Å². The molecule has 1 aromatic rings. The van der Waals surface area contributed by atoms with Crippen LogP contribution in [-0.2, 0) is 10.2 Å². The zero-order valence-corrected chi connectivity index (χ0v) is 10.5. The molecule has 1 aromatic heterocycles. The van der Waals surface area contributed by atoms with Gasteiger partial charge in [-0.05, 0) is 0 Å². The summed E-state index contributed by atoms with van der Waals surface area (Å²) in [5.74, 6) is 0.633. The van der Waals surface area contributed by atoms with Crippen molar-refractivity contribution in [3.05, 3.63) is 17.5 Å². The van der Waals surface area contributed by atoms with Crippen LogP contribution in [0.5, 0.6) is 0 Å². The Balaban J connectivity index is 2.22. The van der Waals surface area contributed by atoms with Crippen molar-refractivity contribution in [2.75, 3.05) is 26.3 Å². The molecule has 1 saturated heterocycles. The van der Waals surface area contributed by atoms with Crippen LogP contribution in [0.2, 0.25) is 0 Å². The smallest absolute Gasteiger partial charge is 0.259 e. The summed E-state index contributed by atoms with van der Waals surface area (Å²) in [5, 5.41) is 3.75. The predicted molar refractivity (Wildman–Crippen MR) is 61.9 cm³/mol. The standard InChI is InChI=1S/C12H18N2O3/c1-12(2,3)10-9(8-13-17-10)11(15)14-4-6-16-7-5-14/h8H,4-7H2,1-3H3. The molecule has 0 radical (unpaired) electrons. The van der Waals surface area contributed by atoms with E-state index < -0.39 is 0 Å². The maximum Gasteiger partial charge on any atom is 0.259 e. The van der Waals surface area contributed by atoms with E-state index in [4.69, 9.17) is 9.26 Å². The maximum absolute atomic E-state index is 12.3. The fourth-order valence-electron chi connectivity index (χ4n) is 1.87. The molecule has 0 aliphatic carbocycles. The normalized spacial score (nSPS) is 17.2. The van der Waals surface area contributed by atoms with E-state index in [-0.39, 0.29) is 11.3 Å². The number of ether oxygens (including phenoxy) is 1. The van der Waals surface area contributed by atoms with Crippen LogP contribution >= 0.6 is 0 Å². The van der Waals surface area contributed by atoms with Gasteiger partial charge < -0.3 is 14.2 Å². The van der Waals surface area contributed by atoms with Gasteiger partial charge in [0.25, 0.3) is 5.91 Å². The van der Waals surface area contributed by atoms with Crippen molar-refractivity contribution < 1.29 is 14.1 Å². The molecule has 5 nitrogen and oxygen atoms in total. The van der Waals surface area contributed by atoms with Gasteiger partial charge in [0.15, 0.2) is 5.76 Å². The lowest BCUT2D eigenvalue weighted by Gasteiger charge is -2.27. The van der Waals surface area contributed by atoms with Crippen LogP contribution in [0.15, 0.2) is 10.7 Å². The summed E-state index contributed by atoms with van der Waals surface area (Å²) in [6.45, 7) is 8.47. The second-order valence-electron chi connectivity index (χ2n) is 5.22. The van der Waals surface area contributed by atoms with E-state index >= 15 is 0 Å². The number of hydrogen-bond acceptors (Lipinski definition) is 4. The molecule has 0 spiro atoms. The second-order valence-corrected chi connectivity index (χ2v) is 5.22. The maximum atomic E-state index is 12.3. The molecule has 0 N–H and O–H groups in total. The highest BCUT2D eigenvalue weighted by Crippen LogP contribution is 2.26. The minimum absolute atomic E-state index is 0.0144. The third-order valence-corrected chi connectivity index (χ3v) is 2.78. The van der Waals surface area contributed by atoms with Crippen LogP contribution in [0.4, 0.5) is 0 Å². The zero-order valence-electron chi connectivity index (χ0n) is 10.5. The molecule has 0 saturated carbocycles. The molecule has 94 valence electrons. The summed E-state index contributed by atoms with van der Waals surface area (Å²) in [6.07, 6.45) is 1.51. The summed E-state index contributed by atoms with van der Waals surface area (Å²) in [5.41, 5.74) is 0.354. The van der Waals surface area contributed by atoms with Gasteiger partial charge in [0.1, 0.15) is 5.56 Å². The lowest BCUT2D eigenvalue weighted by atomic mass is 9.90. The molecule has 0 atom stereocenters. The van der Waals surface area contributed by atoms with Crippen LogP contribution in [-0.4, -0.2) is 42.3 Å². The average Bonchev–Trinajstić information content (AvgIpc) is 2.78. The Bertz CT molecular complexity index is 400. The fraction of sp³-hybridized carbons (Fsp3) is 0.667. The molecule has 0 bridgehead atoms. The molecule has 2 rings (SSSR count). The van der Waals surface area contributed by atoms with Gasteiger partial charge in [-0.25, -0.2) is 0 Å². The van der Waals surface area contributed by atoms with Crippen molar-refractivity contribution in [1.29, 1.82) is 0 Å². The van der Waals surface area contributed by atoms with Gasteiger partial charge in [0, 0.05) is 18.5 Å². The SMILES string of the molecule is CC(C)(C)c1oncc1C(=O)N1CCOCC1. The van der Waals surface area contributed by atoms with E-state index in [0.717, 1.165) is 0 Å². The van der Waals surface area contributed by atoms with Gasteiger partial charge in [-0.1, -0.05) is 25.9 Å². The predicted octanol–water partition coefficient (Wildman–Crippen LogP) is 1.44. The molecule has 0 aromatic carbocycles. The minimum atomic E-state index is -0.215. The highest BCUT2D eigenvalue weighted by atomic mass is 16.5. The quantitative estimate of drug-likeness (QED) is 0.743. The van der Waals surface area contributed by atoms with Crippen LogP contribution < -0.4 is 0 Å². The van der Waals surface area contributed by atoms with Crippen LogP contribution in [0.25, 0.3) is 0 Å². The van der Waals surface area contributed by atoms with Crippen molar-refractivity contribution in [2.24, 2.45) is 0 Å². The fourth-order valence-corrected chi connectivity index (χ4v) is 1.87. The van der Waals surface area contributed by atoms with Gasteiger partial charge >= 0.3 is 0 Å². The number of morpholine rings is 1. The first-order chi connectivity index (χ1) is 8.00. The highest BCUT2D eigenvalue weighted by molar-refractivity contribution is 5.95. The molecule has 1 amide bonds. The van der Waals surface area contributed by atoms with Crippen molar-refractivity contribution in [2.45, 2.75) is 26.2 Å². The van der Waals surface area contributed by atoms with Crippen LogP contribution in [0.1, 0.15) is 36.9 Å². The number of nitrogens with zero attached hydrogens (tertiary/aromatic N) is 2. The van der Waals surface area contributed by atoms with E-state index in [1.807, 2.05) is 20.8 Å². The summed E-state index contributed by atoms with van der Waals surface area (Å²) in [6, 6.07) is 0. The molecule has 2 heterocycles. The zero-order chi connectivity index (χ0) is 12.5. The number of carbonyl (C=O) groups excluding carboxylic acids is 1. The van der Waals surface area contributed by atoms with Crippen molar-refractivity contribution in [3.63, 3.8) is 0 Å². The molecular formula is C12H18N2O3. The minimum Gasteiger partial charge on any atom is -0.378 e. The lowest BCUT2D eigenvalue weighted by Crippen LogP contribution is -2.41. The van der Waals surface area contributed by atoms with E-state index in [9.17, 15) is 4.79 Å². The largest absolute Gasteiger partial charge is 0.378 e. The monoisotopic (exact) mass is 238 g/mol. The van der Waals surface area contributed by atoms with E-state index in [2.05, 4.69) is 5.16 Å². The molecular weight excluding hydrogens is 220 g/mol. The van der Waals surface area contributed by atoms with Crippen molar-refractivity contribution in [3.8, 4) is 0 Å². The van der Waals surface area contributed by atoms with Gasteiger partial charge in [-0.3, -0.25) is 4.79 Å². The molecule has 1 aliphatic heterocycles. The summed E-state index contributed by atoms with van der Waals surface area (Å²) in [4.78, 5) is 14.1. The van der Waals surface area contributed by atoms with Gasteiger partial charge in [0.2, 0.25) is 0 Å². The molecule has 5 heteroatoms. The summed E-state index contributed by atoms with van der Waals surface area (Å²) >= 11 is 0. The first kappa shape index (κ1) is 12.1. The van der Waals surface area contributed by atoms with Crippen molar-refractivity contribution >= 4 is 5.91 Å². The summed E-state index contributed by atoms with van der Waals surface area (Å²) < 4.78 is 10.4. The third-order valence-electron chi connectivity index (χ3n) is 2.78. The second kappa shape index (κ2) is 4.49. The first-order valence-electron chi connectivity index (χ1n) is 5.82. The Morgan fingerprint density at radius 3 is 2.59 bits per heavy atom.